The van der Waals surface area contributed by atoms with Gasteiger partial charge in [0.2, 0.25) is 0 Å². The highest BCUT2D eigenvalue weighted by Gasteiger charge is 2.54. The summed E-state index contributed by atoms with van der Waals surface area (Å²) in [6.45, 7) is 9.23. The number of amides is 2. The number of alkyl halides is 3. The quantitative estimate of drug-likeness (QED) is 0.518. The second-order valence-electron chi connectivity index (χ2n) is 10.8. The maximum atomic E-state index is 13.7. The summed E-state index contributed by atoms with van der Waals surface area (Å²) in [7, 11) is 0. The molecule has 2 amide bonds. The highest BCUT2D eigenvalue weighted by molar-refractivity contribution is 6.07. The molecule has 0 radical (unpaired) electrons. The van der Waals surface area contributed by atoms with Crippen LogP contribution in [0.4, 0.5) is 18.0 Å². The number of ether oxygens (including phenoxy) is 2. The zero-order valence-corrected chi connectivity index (χ0v) is 21.1. The summed E-state index contributed by atoms with van der Waals surface area (Å²) in [5, 5.41) is 0. The number of fused-ring (bicyclic) bond motifs is 1. The fraction of sp³-hybridized carbons (Fsp3) is 0.577. The molecule has 0 N–H and O–H groups in total. The molecule has 1 aromatic carbocycles. The molecule has 2 atom stereocenters. The van der Waals surface area contributed by atoms with Crippen LogP contribution in [0.1, 0.15) is 64.2 Å². The summed E-state index contributed by atoms with van der Waals surface area (Å²) in [5.74, 6) is -1.01. The third-order valence-electron chi connectivity index (χ3n) is 7.01. The van der Waals surface area contributed by atoms with Crippen molar-refractivity contribution in [2.45, 2.75) is 83.8 Å². The van der Waals surface area contributed by atoms with Gasteiger partial charge < -0.3 is 19.3 Å². The normalized spacial score (nSPS) is 24.7. The van der Waals surface area contributed by atoms with Crippen molar-refractivity contribution in [2.24, 2.45) is 0 Å². The lowest BCUT2D eigenvalue weighted by molar-refractivity contribution is -0.152. The number of nitrogens with zero attached hydrogens (tertiary/aromatic N) is 2. The predicted octanol–water partition coefficient (Wildman–Crippen LogP) is 4.62. The Bertz CT molecular complexity index is 1140. The Kier molecular flexibility index (Phi) is 6.37. The maximum Gasteiger partial charge on any atom is 0.416 e. The molecule has 2 unspecified atom stereocenters. The molecule has 196 valence electrons. The van der Waals surface area contributed by atoms with Gasteiger partial charge in [-0.2, -0.15) is 13.2 Å². The van der Waals surface area contributed by atoms with Crippen LogP contribution in [-0.4, -0.2) is 58.1 Å². The first-order valence-electron chi connectivity index (χ1n) is 12.0. The fourth-order valence-corrected chi connectivity index (χ4v) is 5.29. The van der Waals surface area contributed by atoms with Crippen molar-refractivity contribution in [3.05, 3.63) is 46.0 Å². The van der Waals surface area contributed by atoms with E-state index in [-0.39, 0.29) is 43.1 Å². The van der Waals surface area contributed by atoms with Gasteiger partial charge in [0.25, 0.3) is 5.91 Å². The molecule has 36 heavy (non-hydrogen) atoms. The van der Waals surface area contributed by atoms with Crippen molar-refractivity contribution >= 4 is 18.0 Å². The van der Waals surface area contributed by atoms with Gasteiger partial charge in [-0.15, -0.1) is 0 Å². The molecule has 1 saturated heterocycles. The summed E-state index contributed by atoms with van der Waals surface area (Å²) in [5.41, 5.74) is -0.971. The molecular formula is C26H31F3N2O5. The largest absolute Gasteiger partial charge is 0.450 e. The lowest BCUT2D eigenvalue weighted by Crippen LogP contribution is -2.55. The van der Waals surface area contributed by atoms with Crippen LogP contribution in [0.25, 0.3) is 0 Å². The van der Waals surface area contributed by atoms with Crippen LogP contribution in [0.15, 0.2) is 29.3 Å². The average molecular weight is 509 g/mol. The van der Waals surface area contributed by atoms with Gasteiger partial charge in [0.05, 0.1) is 11.1 Å². The first-order chi connectivity index (χ1) is 16.6. The van der Waals surface area contributed by atoms with E-state index in [0.29, 0.717) is 18.5 Å². The van der Waals surface area contributed by atoms with Crippen molar-refractivity contribution in [3.8, 4) is 0 Å². The van der Waals surface area contributed by atoms with Crippen LogP contribution in [-0.2, 0) is 38.2 Å². The van der Waals surface area contributed by atoms with E-state index in [2.05, 4.69) is 0 Å². The van der Waals surface area contributed by atoms with Crippen LogP contribution in [0.5, 0.6) is 0 Å². The van der Waals surface area contributed by atoms with Crippen molar-refractivity contribution in [1.29, 1.82) is 0 Å². The zero-order chi connectivity index (χ0) is 26.6. The topological polar surface area (TPSA) is 76.2 Å². The van der Waals surface area contributed by atoms with Crippen molar-refractivity contribution < 1.29 is 37.0 Å². The Labute approximate surface area is 208 Å². The standard InChI is InChI=1S/C26H31F3N2O5/c1-15-13-25(9-11-31(15)23(34)36-24(3,4)5)20(16(2)22(33)35-25)21(32)30-10-8-17-6-7-19(26(27,28)29)12-18(17)14-30/h6-7,12,15H,8-11,13-14H2,1-5H3. The van der Waals surface area contributed by atoms with Crippen molar-refractivity contribution in [1.82, 2.24) is 9.80 Å². The number of hydrogen-bond donors (Lipinski definition) is 0. The Morgan fingerprint density at radius 1 is 1.14 bits per heavy atom. The number of carbonyl (C=O) groups is 3. The van der Waals surface area contributed by atoms with E-state index >= 15 is 0 Å². The van der Waals surface area contributed by atoms with E-state index in [1.54, 1.807) is 25.7 Å². The first kappa shape index (κ1) is 26.0. The van der Waals surface area contributed by atoms with Gasteiger partial charge in [0, 0.05) is 44.1 Å². The number of hydrogen-bond acceptors (Lipinski definition) is 5. The molecule has 1 fully saturated rings. The smallest absolute Gasteiger partial charge is 0.416 e. The summed E-state index contributed by atoms with van der Waals surface area (Å²) in [6.07, 6.45) is -4.09. The van der Waals surface area contributed by atoms with Crippen LogP contribution >= 0.6 is 0 Å². The molecule has 0 bridgehead atoms. The van der Waals surface area contributed by atoms with Crippen molar-refractivity contribution in [3.63, 3.8) is 0 Å². The van der Waals surface area contributed by atoms with E-state index in [0.717, 1.165) is 17.7 Å². The van der Waals surface area contributed by atoms with Gasteiger partial charge in [-0.1, -0.05) is 6.07 Å². The Morgan fingerprint density at radius 2 is 1.83 bits per heavy atom. The second kappa shape index (κ2) is 8.81. The number of halogens is 3. The summed E-state index contributed by atoms with van der Waals surface area (Å²) in [6, 6.07) is 3.24. The third-order valence-corrected chi connectivity index (χ3v) is 7.01. The molecule has 3 aliphatic rings. The molecule has 0 saturated carbocycles. The highest BCUT2D eigenvalue weighted by Crippen LogP contribution is 2.44. The number of esters is 1. The van der Waals surface area contributed by atoms with Gasteiger partial charge in [0.15, 0.2) is 0 Å². The van der Waals surface area contributed by atoms with Gasteiger partial charge >= 0.3 is 18.2 Å². The SMILES string of the molecule is CC1=C(C(=O)N2CCc3ccc(C(F)(F)F)cc3C2)C2(CCN(C(=O)OC(C)(C)C)C(C)C2)OC1=O. The second-order valence-corrected chi connectivity index (χ2v) is 10.8. The van der Waals surface area contributed by atoms with E-state index in [1.165, 1.54) is 17.9 Å². The molecule has 10 heteroatoms. The zero-order valence-electron chi connectivity index (χ0n) is 21.1. The molecule has 3 heterocycles. The minimum Gasteiger partial charge on any atom is -0.450 e. The highest BCUT2D eigenvalue weighted by atomic mass is 19.4. The monoisotopic (exact) mass is 508 g/mol. The molecule has 0 aromatic heterocycles. The minimum absolute atomic E-state index is 0.0126. The molecule has 0 aliphatic carbocycles. The van der Waals surface area contributed by atoms with Crippen LogP contribution in [0, 0.1) is 0 Å². The number of rotatable bonds is 1. The maximum absolute atomic E-state index is 13.7. The Morgan fingerprint density at radius 3 is 2.44 bits per heavy atom. The Balaban J connectivity index is 1.57. The number of piperidine rings is 1. The summed E-state index contributed by atoms with van der Waals surface area (Å²) < 4.78 is 50.9. The number of benzene rings is 1. The first-order valence-corrected chi connectivity index (χ1v) is 12.0. The number of carbonyl (C=O) groups excluding carboxylic acids is 3. The molecule has 7 nitrogen and oxygen atoms in total. The van der Waals surface area contributed by atoms with Gasteiger partial charge in [0.1, 0.15) is 11.2 Å². The predicted molar refractivity (Wildman–Crippen MR) is 124 cm³/mol. The van der Waals surface area contributed by atoms with Gasteiger partial charge in [-0.25, -0.2) is 9.59 Å². The average Bonchev–Trinajstić information content (AvgIpc) is 2.99. The van der Waals surface area contributed by atoms with Crippen LogP contribution < -0.4 is 0 Å². The van der Waals surface area contributed by atoms with Crippen molar-refractivity contribution in [2.75, 3.05) is 13.1 Å². The fourth-order valence-electron chi connectivity index (χ4n) is 5.29. The van der Waals surface area contributed by atoms with Gasteiger partial charge in [-0.05, 0) is 64.3 Å². The van der Waals surface area contributed by atoms with Gasteiger partial charge in [-0.3, -0.25) is 4.79 Å². The molecule has 4 rings (SSSR count). The lowest BCUT2D eigenvalue weighted by atomic mass is 9.79. The molecule has 3 aliphatic heterocycles. The van der Waals surface area contributed by atoms with E-state index < -0.39 is 40.9 Å². The molecule has 1 aromatic rings. The summed E-state index contributed by atoms with van der Waals surface area (Å²) in [4.78, 5) is 42.1. The van der Waals surface area contributed by atoms with E-state index in [9.17, 15) is 27.6 Å². The molecular weight excluding hydrogens is 477 g/mol. The minimum atomic E-state index is -4.48. The van der Waals surface area contributed by atoms with E-state index in [1.807, 2.05) is 6.92 Å². The molecule has 1 spiro atoms. The summed E-state index contributed by atoms with van der Waals surface area (Å²) >= 11 is 0. The van der Waals surface area contributed by atoms with Crippen LogP contribution in [0.2, 0.25) is 0 Å². The number of likely N-dealkylation sites (tertiary alicyclic amines) is 1. The van der Waals surface area contributed by atoms with E-state index in [4.69, 9.17) is 9.47 Å². The van der Waals surface area contributed by atoms with Crippen LogP contribution in [0.3, 0.4) is 0 Å². The lowest BCUT2D eigenvalue weighted by Gasteiger charge is -2.44. The Hall–Kier alpha value is -3.04. The third kappa shape index (κ3) is 4.82.